The van der Waals surface area contributed by atoms with Gasteiger partial charge in [-0.3, -0.25) is 4.98 Å². The minimum absolute atomic E-state index is 0.920. The first-order chi connectivity index (χ1) is 22.3. The predicted octanol–water partition coefficient (Wildman–Crippen LogP) is 10.3. The lowest BCUT2D eigenvalue weighted by atomic mass is 9.95. The second-order valence-electron chi connectivity index (χ2n) is 11.3. The Bertz CT molecular complexity index is 2520. The van der Waals surface area contributed by atoms with Gasteiger partial charge in [-0.15, -0.1) is 0 Å². The summed E-state index contributed by atoms with van der Waals surface area (Å²) in [6, 6.07) is 53.1. The lowest BCUT2D eigenvalue weighted by molar-refractivity contribution is 0.979. The average Bonchev–Trinajstić information content (AvgIpc) is 3.53. The molecule has 9 aromatic rings. The third kappa shape index (κ3) is 4.19. The summed E-state index contributed by atoms with van der Waals surface area (Å²) >= 11 is 0. The molecule has 5 aromatic carbocycles. The quantitative estimate of drug-likeness (QED) is 0.196. The second kappa shape index (κ2) is 10.2. The Hall–Kier alpha value is -6.13. The van der Waals surface area contributed by atoms with Crippen molar-refractivity contribution in [1.82, 2.24) is 19.6 Å². The van der Waals surface area contributed by atoms with Crippen LogP contribution in [0.1, 0.15) is 0 Å². The van der Waals surface area contributed by atoms with Crippen LogP contribution in [0.3, 0.4) is 0 Å². The van der Waals surface area contributed by atoms with Crippen molar-refractivity contribution in [3.63, 3.8) is 0 Å². The highest BCUT2D eigenvalue weighted by Gasteiger charge is 2.21. The third-order valence-electron chi connectivity index (χ3n) is 8.64. The number of nitrogens with zero attached hydrogens (tertiary/aromatic N) is 4. The van der Waals surface area contributed by atoms with Gasteiger partial charge < -0.3 is 0 Å². The van der Waals surface area contributed by atoms with Crippen LogP contribution in [0.25, 0.3) is 83.0 Å². The van der Waals surface area contributed by atoms with Crippen LogP contribution < -0.4 is 0 Å². The summed E-state index contributed by atoms with van der Waals surface area (Å²) in [6.07, 6.45) is 1.83. The molecule has 0 N–H and O–H groups in total. The van der Waals surface area contributed by atoms with Crippen molar-refractivity contribution in [3.8, 4) is 44.9 Å². The zero-order valence-electron chi connectivity index (χ0n) is 24.3. The summed E-state index contributed by atoms with van der Waals surface area (Å²) in [6.45, 7) is 0. The van der Waals surface area contributed by atoms with Crippen LogP contribution in [0.4, 0.5) is 0 Å². The Morgan fingerprint density at radius 3 is 1.91 bits per heavy atom. The van der Waals surface area contributed by atoms with E-state index in [1.54, 1.807) is 0 Å². The molecular weight excluding hydrogens is 548 g/mol. The third-order valence-corrected chi connectivity index (χ3v) is 8.64. The highest BCUT2D eigenvalue weighted by atomic mass is 15.2. The van der Waals surface area contributed by atoms with Crippen LogP contribution in [0.5, 0.6) is 0 Å². The SMILES string of the molecule is c1ccc(-c2nn3c(-c4ccccc4)cc4ccccc4c3c2-c2ccc(-c3ccc4ccc5cccnc5c4n3)cc2)cc1. The van der Waals surface area contributed by atoms with Crippen molar-refractivity contribution < 1.29 is 0 Å². The van der Waals surface area contributed by atoms with Gasteiger partial charge in [0.2, 0.25) is 0 Å². The second-order valence-corrected chi connectivity index (χ2v) is 11.3. The van der Waals surface area contributed by atoms with E-state index in [4.69, 9.17) is 10.1 Å². The Kier molecular flexibility index (Phi) is 5.78. The van der Waals surface area contributed by atoms with Crippen molar-refractivity contribution >= 4 is 38.1 Å². The van der Waals surface area contributed by atoms with Gasteiger partial charge >= 0.3 is 0 Å². The Balaban J connectivity index is 1.27. The molecule has 4 aromatic heterocycles. The number of rotatable bonds is 4. The molecule has 210 valence electrons. The zero-order chi connectivity index (χ0) is 29.7. The molecule has 45 heavy (non-hydrogen) atoms. The normalized spacial score (nSPS) is 11.6. The van der Waals surface area contributed by atoms with Gasteiger partial charge in [0, 0.05) is 44.6 Å². The van der Waals surface area contributed by atoms with Crippen molar-refractivity contribution in [2.24, 2.45) is 0 Å². The average molecular weight is 575 g/mol. The molecule has 4 nitrogen and oxygen atoms in total. The number of hydrogen-bond acceptors (Lipinski definition) is 3. The predicted molar refractivity (Wildman–Crippen MR) is 185 cm³/mol. The summed E-state index contributed by atoms with van der Waals surface area (Å²) in [5.74, 6) is 0. The highest BCUT2D eigenvalue weighted by molar-refractivity contribution is 6.09. The summed E-state index contributed by atoms with van der Waals surface area (Å²) in [5, 5.41) is 9.85. The van der Waals surface area contributed by atoms with E-state index in [-0.39, 0.29) is 0 Å². The molecule has 0 spiro atoms. The summed E-state index contributed by atoms with van der Waals surface area (Å²) < 4.78 is 2.13. The van der Waals surface area contributed by atoms with Crippen molar-refractivity contribution in [1.29, 1.82) is 0 Å². The smallest absolute Gasteiger partial charge is 0.101 e. The molecule has 0 saturated carbocycles. The molecule has 0 aliphatic carbocycles. The van der Waals surface area contributed by atoms with E-state index >= 15 is 0 Å². The monoisotopic (exact) mass is 574 g/mol. The van der Waals surface area contributed by atoms with E-state index in [0.717, 1.165) is 72.2 Å². The lowest BCUT2D eigenvalue weighted by Gasteiger charge is -2.11. The standard InChI is InChI=1S/C41H26N4/c1-3-10-28(11-4-1)36-26-33-14-7-8-16-34(33)41-37(38(44-45(36)41)30-12-5-2-6-13-30)29-19-17-27(18-20-29)35-24-23-32-22-21-31-15-9-25-42-39(31)40(32)43-35/h1-26H. The first-order valence-electron chi connectivity index (χ1n) is 15.1. The highest BCUT2D eigenvalue weighted by Crippen LogP contribution is 2.41. The van der Waals surface area contributed by atoms with E-state index in [0.29, 0.717) is 0 Å². The van der Waals surface area contributed by atoms with Crippen LogP contribution >= 0.6 is 0 Å². The molecule has 9 rings (SSSR count). The minimum Gasteiger partial charge on any atom is -0.254 e. The molecule has 0 fully saturated rings. The van der Waals surface area contributed by atoms with Crippen LogP contribution in [0.15, 0.2) is 158 Å². The van der Waals surface area contributed by atoms with Gasteiger partial charge in [0.05, 0.1) is 27.9 Å². The fourth-order valence-corrected chi connectivity index (χ4v) is 6.47. The van der Waals surface area contributed by atoms with Crippen LogP contribution in [0, 0.1) is 0 Å². The topological polar surface area (TPSA) is 43.1 Å². The Morgan fingerprint density at radius 2 is 1.11 bits per heavy atom. The molecule has 0 aliphatic heterocycles. The van der Waals surface area contributed by atoms with Gasteiger partial charge in [0.1, 0.15) is 5.69 Å². The van der Waals surface area contributed by atoms with E-state index in [1.165, 1.54) is 10.8 Å². The van der Waals surface area contributed by atoms with Gasteiger partial charge in [-0.25, -0.2) is 9.50 Å². The van der Waals surface area contributed by atoms with E-state index < -0.39 is 0 Å². The Labute approximate surface area is 259 Å². The van der Waals surface area contributed by atoms with E-state index in [1.807, 2.05) is 18.3 Å². The summed E-state index contributed by atoms with van der Waals surface area (Å²) in [7, 11) is 0. The van der Waals surface area contributed by atoms with Crippen molar-refractivity contribution in [2.75, 3.05) is 0 Å². The Morgan fingerprint density at radius 1 is 0.467 bits per heavy atom. The molecule has 4 heterocycles. The first kappa shape index (κ1) is 25.4. The number of benzene rings is 5. The number of pyridine rings is 3. The molecule has 0 saturated heterocycles. The molecule has 4 heteroatoms. The molecule has 0 bridgehead atoms. The maximum absolute atomic E-state index is 5.33. The zero-order valence-corrected chi connectivity index (χ0v) is 24.3. The molecule has 0 unspecified atom stereocenters. The summed E-state index contributed by atoms with van der Waals surface area (Å²) in [5.41, 5.74) is 11.4. The van der Waals surface area contributed by atoms with Crippen LogP contribution in [-0.2, 0) is 0 Å². The lowest BCUT2D eigenvalue weighted by Crippen LogP contribution is -1.95. The largest absolute Gasteiger partial charge is 0.254 e. The summed E-state index contributed by atoms with van der Waals surface area (Å²) in [4.78, 5) is 9.73. The van der Waals surface area contributed by atoms with E-state index in [9.17, 15) is 0 Å². The van der Waals surface area contributed by atoms with Gasteiger partial charge in [-0.1, -0.05) is 133 Å². The fourth-order valence-electron chi connectivity index (χ4n) is 6.47. The number of hydrogen-bond donors (Lipinski definition) is 0. The maximum atomic E-state index is 5.33. The molecule has 0 aliphatic rings. The van der Waals surface area contributed by atoms with E-state index in [2.05, 4.69) is 149 Å². The van der Waals surface area contributed by atoms with Gasteiger partial charge in [-0.2, -0.15) is 5.10 Å². The molecule has 0 atom stereocenters. The van der Waals surface area contributed by atoms with Crippen molar-refractivity contribution in [2.45, 2.75) is 0 Å². The first-order valence-corrected chi connectivity index (χ1v) is 15.1. The molecule has 0 amide bonds. The fraction of sp³-hybridized carbons (Fsp3) is 0. The molecular formula is C41H26N4. The molecule has 0 radical (unpaired) electrons. The number of fused-ring (bicyclic) bond motifs is 6. The van der Waals surface area contributed by atoms with Gasteiger partial charge in [0.25, 0.3) is 0 Å². The van der Waals surface area contributed by atoms with Crippen LogP contribution in [-0.4, -0.2) is 19.6 Å². The van der Waals surface area contributed by atoms with Crippen LogP contribution in [0.2, 0.25) is 0 Å². The van der Waals surface area contributed by atoms with Gasteiger partial charge in [-0.05, 0) is 29.1 Å². The number of aromatic nitrogens is 4. The maximum Gasteiger partial charge on any atom is 0.101 e. The van der Waals surface area contributed by atoms with Gasteiger partial charge in [0.15, 0.2) is 0 Å². The van der Waals surface area contributed by atoms with Crippen molar-refractivity contribution in [3.05, 3.63) is 158 Å². The minimum atomic E-state index is 0.920.